The molecule has 6 nitrogen and oxygen atoms in total. The molecular weight excluding hydrogens is 378 g/mol. The summed E-state index contributed by atoms with van der Waals surface area (Å²) in [6.07, 6.45) is 0.603. The quantitative estimate of drug-likeness (QED) is 0.728. The van der Waals surface area contributed by atoms with Crippen LogP contribution in [0.15, 0.2) is 48.5 Å². The Balaban J connectivity index is 1.30. The smallest absolute Gasteiger partial charge is 0.224 e. The standard InChI is InChI=1S/C24H31N3O3/c1-19-8-9-22(20(2)18-19)30-17-11-23(28)25-12-10-24(29)27-15-13-26(14-16-27)21-6-4-3-5-7-21/h3-9,18H,10-17H2,1-2H3,(H,25,28). The summed E-state index contributed by atoms with van der Waals surface area (Å²) in [4.78, 5) is 28.6. The average Bonchev–Trinajstić information content (AvgIpc) is 2.76. The van der Waals surface area contributed by atoms with Gasteiger partial charge in [0.25, 0.3) is 0 Å². The summed E-state index contributed by atoms with van der Waals surface area (Å²) in [6.45, 7) is 7.81. The van der Waals surface area contributed by atoms with E-state index in [9.17, 15) is 9.59 Å². The summed E-state index contributed by atoms with van der Waals surface area (Å²) in [5, 5.41) is 2.82. The maximum atomic E-state index is 12.4. The van der Waals surface area contributed by atoms with E-state index in [2.05, 4.69) is 28.4 Å². The highest BCUT2D eigenvalue weighted by Crippen LogP contribution is 2.19. The molecule has 0 radical (unpaired) electrons. The molecule has 6 heteroatoms. The molecular formula is C24H31N3O3. The Labute approximate surface area is 178 Å². The van der Waals surface area contributed by atoms with Crippen LogP contribution in [-0.2, 0) is 9.59 Å². The molecule has 1 heterocycles. The number of carbonyl (C=O) groups excluding carboxylic acids is 2. The molecule has 2 aromatic rings. The van der Waals surface area contributed by atoms with Crippen LogP contribution in [0, 0.1) is 13.8 Å². The molecule has 1 saturated heterocycles. The highest BCUT2D eigenvalue weighted by Gasteiger charge is 2.21. The first-order valence-electron chi connectivity index (χ1n) is 10.6. The van der Waals surface area contributed by atoms with Crippen LogP contribution in [0.2, 0.25) is 0 Å². The predicted molar refractivity (Wildman–Crippen MR) is 119 cm³/mol. The van der Waals surface area contributed by atoms with E-state index >= 15 is 0 Å². The van der Waals surface area contributed by atoms with E-state index in [1.165, 1.54) is 11.3 Å². The Hall–Kier alpha value is -3.02. The molecule has 2 aromatic carbocycles. The third-order valence-corrected chi connectivity index (χ3v) is 5.33. The van der Waals surface area contributed by atoms with Gasteiger partial charge in [-0.25, -0.2) is 0 Å². The number of hydrogen-bond donors (Lipinski definition) is 1. The van der Waals surface area contributed by atoms with Crippen molar-refractivity contribution in [3.63, 3.8) is 0 Å². The van der Waals surface area contributed by atoms with Crippen molar-refractivity contribution in [3.8, 4) is 5.75 Å². The first-order chi connectivity index (χ1) is 14.5. The zero-order valence-corrected chi connectivity index (χ0v) is 17.9. The van der Waals surface area contributed by atoms with Crippen molar-refractivity contribution in [2.45, 2.75) is 26.7 Å². The molecule has 0 unspecified atom stereocenters. The number of para-hydroxylation sites is 1. The van der Waals surface area contributed by atoms with Gasteiger partial charge in [0, 0.05) is 44.8 Å². The molecule has 2 amide bonds. The minimum Gasteiger partial charge on any atom is -0.493 e. The zero-order valence-electron chi connectivity index (χ0n) is 17.9. The number of nitrogens with zero attached hydrogens (tertiary/aromatic N) is 2. The van der Waals surface area contributed by atoms with Crippen LogP contribution in [0.4, 0.5) is 5.69 Å². The Kier molecular flexibility index (Phi) is 7.71. The molecule has 3 rings (SSSR count). The molecule has 0 aromatic heterocycles. The van der Waals surface area contributed by atoms with Crippen LogP contribution in [-0.4, -0.2) is 56.0 Å². The van der Waals surface area contributed by atoms with E-state index in [0.29, 0.717) is 32.7 Å². The average molecular weight is 410 g/mol. The summed E-state index contributed by atoms with van der Waals surface area (Å²) < 4.78 is 5.69. The fourth-order valence-corrected chi connectivity index (χ4v) is 3.62. The summed E-state index contributed by atoms with van der Waals surface area (Å²) in [7, 11) is 0. The number of ether oxygens (including phenoxy) is 1. The SMILES string of the molecule is Cc1ccc(OCCC(=O)NCCC(=O)N2CCN(c3ccccc3)CC2)c(C)c1. The summed E-state index contributed by atoms with van der Waals surface area (Å²) in [6, 6.07) is 16.2. The van der Waals surface area contributed by atoms with Crippen molar-refractivity contribution < 1.29 is 14.3 Å². The van der Waals surface area contributed by atoms with Crippen LogP contribution in [0.25, 0.3) is 0 Å². The molecule has 0 spiro atoms. The predicted octanol–water partition coefficient (Wildman–Crippen LogP) is 2.93. The highest BCUT2D eigenvalue weighted by molar-refractivity contribution is 5.79. The van der Waals surface area contributed by atoms with Gasteiger partial charge >= 0.3 is 0 Å². The van der Waals surface area contributed by atoms with Gasteiger partial charge in [-0.3, -0.25) is 9.59 Å². The minimum absolute atomic E-state index is 0.0922. The van der Waals surface area contributed by atoms with Gasteiger partial charge in [0.05, 0.1) is 13.0 Å². The second kappa shape index (κ2) is 10.7. The van der Waals surface area contributed by atoms with Crippen LogP contribution in [0.1, 0.15) is 24.0 Å². The zero-order chi connectivity index (χ0) is 21.3. The maximum absolute atomic E-state index is 12.4. The number of nitrogens with one attached hydrogen (secondary N) is 1. The van der Waals surface area contributed by atoms with E-state index < -0.39 is 0 Å². The monoisotopic (exact) mass is 409 g/mol. The molecule has 160 valence electrons. The second-order valence-electron chi connectivity index (χ2n) is 7.67. The lowest BCUT2D eigenvalue weighted by molar-refractivity contribution is -0.131. The van der Waals surface area contributed by atoms with Crippen molar-refractivity contribution in [2.24, 2.45) is 0 Å². The number of anilines is 1. The molecule has 30 heavy (non-hydrogen) atoms. The third kappa shape index (κ3) is 6.24. The van der Waals surface area contributed by atoms with Crippen LogP contribution in [0.3, 0.4) is 0 Å². The van der Waals surface area contributed by atoms with Crippen LogP contribution >= 0.6 is 0 Å². The third-order valence-electron chi connectivity index (χ3n) is 5.33. The van der Waals surface area contributed by atoms with Gasteiger partial charge in [0.1, 0.15) is 5.75 Å². The number of aryl methyl sites for hydroxylation is 2. The molecule has 0 bridgehead atoms. The van der Waals surface area contributed by atoms with Gasteiger partial charge in [0.2, 0.25) is 11.8 Å². The Morgan fingerprint density at radius 1 is 0.967 bits per heavy atom. The summed E-state index contributed by atoms with van der Waals surface area (Å²) in [5.41, 5.74) is 3.44. The van der Waals surface area contributed by atoms with Gasteiger partial charge in [-0.1, -0.05) is 35.9 Å². The van der Waals surface area contributed by atoms with E-state index in [1.54, 1.807) is 0 Å². The lowest BCUT2D eigenvalue weighted by Crippen LogP contribution is -2.49. The largest absolute Gasteiger partial charge is 0.493 e. The number of amides is 2. The number of carbonyl (C=O) groups is 2. The van der Waals surface area contributed by atoms with Gasteiger partial charge < -0.3 is 19.9 Å². The summed E-state index contributed by atoms with van der Waals surface area (Å²) >= 11 is 0. The molecule has 1 aliphatic heterocycles. The lowest BCUT2D eigenvalue weighted by Gasteiger charge is -2.36. The Bertz CT molecular complexity index is 846. The lowest BCUT2D eigenvalue weighted by atomic mass is 10.1. The number of rotatable bonds is 8. The van der Waals surface area contributed by atoms with Gasteiger partial charge in [-0.05, 0) is 37.6 Å². The number of piperazine rings is 1. The van der Waals surface area contributed by atoms with Crippen molar-refractivity contribution in [3.05, 3.63) is 59.7 Å². The van der Waals surface area contributed by atoms with Crippen molar-refractivity contribution in [1.82, 2.24) is 10.2 Å². The van der Waals surface area contributed by atoms with Crippen LogP contribution in [0.5, 0.6) is 5.75 Å². The molecule has 1 fully saturated rings. The molecule has 0 atom stereocenters. The summed E-state index contributed by atoms with van der Waals surface area (Å²) in [5.74, 6) is 0.800. The molecule has 1 aliphatic rings. The molecule has 1 N–H and O–H groups in total. The topological polar surface area (TPSA) is 61.9 Å². The van der Waals surface area contributed by atoms with Gasteiger partial charge in [0.15, 0.2) is 0 Å². The van der Waals surface area contributed by atoms with Crippen molar-refractivity contribution >= 4 is 17.5 Å². The second-order valence-corrected chi connectivity index (χ2v) is 7.67. The van der Waals surface area contributed by atoms with E-state index in [1.807, 2.05) is 49.1 Å². The minimum atomic E-state index is -0.0959. The van der Waals surface area contributed by atoms with Crippen molar-refractivity contribution in [2.75, 3.05) is 44.2 Å². The van der Waals surface area contributed by atoms with Gasteiger partial charge in [-0.2, -0.15) is 0 Å². The van der Waals surface area contributed by atoms with Gasteiger partial charge in [-0.15, -0.1) is 0 Å². The van der Waals surface area contributed by atoms with Crippen molar-refractivity contribution in [1.29, 1.82) is 0 Å². The van der Waals surface area contributed by atoms with E-state index in [0.717, 1.165) is 24.4 Å². The first kappa shape index (κ1) is 21.7. The molecule has 0 aliphatic carbocycles. The fourth-order valence-electron chi connectivity index (χ4n) is 3.62. The molecule has 0 saturated carbocycles. The Morgan fingerprint density at radius 3 is 2.40 bits per heavy atom. The first-order valence-corrected chi connectivity index (χ1v) is 10.6. The highest BCUT2D eigenvalue weighted by atomic mass is 16.5. The Morgan fingerprint density at radius 2 is 1.70 bits per heavy atom. The number of hydrogen-bond acceptors (Lipinski definition) is 4. The van der Waals surface area contributed by atoms with E-state index in [4.69, 9.17) is 4.74 Å². The maximum Gasteiger partial charge on any atom is 0.224 e. The normalized spacial score (nSPS) is 13.8. The number of benzene rings is 2. The fraction of sp³-hybridized carbons (Fsp3) is 0.417. The van der Waals surface area contributed by atoms with Crippen LogP contribution < -0.4 is 15.0 Å². The van der Waals surface area contributed by atoms with E-state index in [-0.39, 0.29) is 18.2 Å².